The van der Waals surface area contributed by atoms with Gasteiger partial charge in [-0.25, -0.2) is 4.39 Å². The number of benzene rings is 1. The number of methoxy groups -OCH3 is 1. The second kappa shape index (κ2) is 7.59. The van der Waals surface area contributed by atoms with Gasteiger partial charge in [-0.1, -0.05) is 6.07 Å². The third kappa shape index (κ3) is 4.43. The molecule has 21 heavy (non-hydrogen) atoms. The van der Waals surface area contributed by atoms with Crippen LogP contribution in [0.15, 0.2) is 42.7 Å². The van der Waals surface area contributed by atoms with Crippen LogP contribution in [0.1, 0.15) is 12.0 Å². The number of pyridine rings is 1. The Balaban J connectivity index is 2.20. The molecular formula is C16H20FN3O. The van der Waals surface area contributed by atoms with Crippen molar-refractivity contribution >= 4 is 5.69 Å². The zero-order valence-corrected chi connectivity index (χ0v) is 12.1. The van der Waals surface area contributed by atoms with Gasteiger partial charge in [-0.2, -0.15) is 0 Å². The van der Waals surface area contributed by atoms with Gasteiger partial charge in [0.25, 0.3) is 0 Å². The molecule has 1 aromatic carbocycles. The van der Waals surface area contributed by atoms with Gasteiger partial charge >= 0.3 is 0 Å². The number of nitrogens with two attached hydrogens (primary N) is 1. The standard InChI is InChI=1S/C16H20FN3O/c1-21-16-5-2-4-15(9-16)20(7-3-6-18)12-13-8-14(17)11-19-10-13/h2,4-5,8-11H,3,6-7,12,18H2,1H3. The summed E-state index contributed by atoms with van der Waals surface area (Å²) in [7, 11) is 1.64. The monoisotopic (exact) mass is 289 g/mol. The molecule has 0 unspecified atom stereocenters. The number of anilines is 1. The van der Waals surface area contributed by atoms with E-state index in [1.165, 1.54) is 12.3 Å². The summed E-state index contributed by atoms with van der Waals surface area (Å²) in [6.45, 7) is 1.99. The van der Waals surface area contributed by atoms with Crippen LogP contribution in [0.4, 0.5) is 10.1 Å². The fourth-order valence-corrected chi connectivity index (χ4v) is 2.15. The Bertz CT molecular complexity index is 577. The van der Waals surface area contributed by atoms with Crippen molar-refractivity contribution in [2.24, 2.45) is 5.73 Å². The fourth-order valence-electron chi connectivity index (χ4n) is 2.15. The van der Waals surface area contributed by atoms with Gasteiger partial charge in [0.2, 0.25) is 0 Å². The highest BCUT2D eigenvalue weighted by atomic mass is 19.1. The Kier molecular flexibility index (Phi) is 5.51. The molecule has 2 aromatic rings. The highest BCUT2D eigenvalue weighted by Gasteiger charge is 2.09. The number of halogens is 1. The van der Waals surface area contributed by atoms with Crippen LogP contribution in [-0.2, 0) is 6.54 Å². The molecule has 1 heterocycles. The topological polar surface area (TPSA) is 51.4 Å². The lowest BCUT2D eigenvalue weighted by molar-refractivity contribution is 0.414. The Morgan fingerprint density at radius 1 is 1.29 bits per heavy atom. The first-order valence-electron chi connectivity index (χ1n) is 6.91. The van der Waals surface area contributed by atoms with E-state index in [4.69, 9.17) is 10.5 Å². The van der Waals surface area contributed by atoms with E-state index >= 15 is 0 Å². The third-order valence-corrected chi connectivity index (χ3v) is 3.19. The Morgan fingerprint density at radius 2 is 2.14 bits per heavy atom. The Labute approximate surface area is 124 Å². The van der Waals surface area contributed by atoms with Crippen LogP contribution < -0.4 is 15.4 Å². The van der Waals surface area contributed by atoms with Crippen molar-refractivity contribution < 1.29 is 9.13 Å². The molecule has 0 bridgehead atoms. The van der Waals surface area contributed by atoms with Crippen LogP contribution in [0.25, 0.3) is 0 Å². The van der Waals surface area contributed by atoms with Crippen LogP contribution in [0, 0.1) is 5.82 Å². The van der Waals surface area contributed by atoms with Crippen LogP contribution in [0.3, 0.4) is 0 Å². The smallest absolute Gasteiger partial charge is 0.141 e. The minimum absolute atomic E-state index is 0.322. The van der Waals surface area contributed by atoms with E-state index in [0.717, 1.165) is 30.0 Å². The van der Waals surface area contributed by atoms with E-state index in [1.54, 1.807) is 13.3 Å². The molecule has 2 rings (SSSR count). The third-order valence-electron chi connectivity index (χ3n) is 3.19. The molecule has 4 nitrogen and oxygen atoms in total. The molecule has 0 aliphatic carbocycles. The molecule has 2 N–H and O–H groups in total. The van der Waals surface area contributed by atoms with E-state index in [2.05, 4.69) is 9.88 Å². The number of nitrogens with zero attached hydrogens (tertiary/aromatic N) is 2. The number of ether oxygens (including phenoxy) is 1. The van der Waals surface area contributed by atoms with Gasteiger partial charge in [-0.05, 0) is 36.7 Å². The second-order valence-electron chi connectivity index (χ2n) is 4.78. The average molecular weight is 289 g/mol. The van der Waals surface area contributed by atoms with Crippen molar-refractivity contribution in [2.75, 3.05) is 25.1 Å². The SMILES string of the molecule is COc1cccc(N(CCCN)Cc2cncc(F)c2)c1. The lowest BCUT2D eigenvalue weighted by Gasteiger charge is -2.25. The van der Waals surface area contributed by atoms with Crippen LogP contribution in [0.5, 0.6) is 5.75 Å². The summed E-state index contributed by atoms with van der Waals surface area (Å²) in [6, 6.07) is 9.30. The molecule has 0 saturated carbocycles. The molecule has 0 aliphatic heterocycles. The molecule has 0 saturated heterocycles. The molecule has 0 radical (unpaired) electrons. The Hall–Kier alpha value is -2.14. The quantitative estimate of drug-likeness (QED) is 0.851. The van der Waals surface area contributed by atoms with Gasteiger partial charge in [0, 0.05) is 31.0 Å². The number of rotatable bonds is 7. The van der Waals surface area contributed by atoms with Gasteiger partial charge in [0.05, 0.1) is 13.3 Å². The summed E-state index contributed by atoms with van der Waals surface area (Å²) in [5.41, 5.74) is 7.45. The minimum atomic E-state index is -0.322. The number of hydrogen-bond donors (Lipinski definition) is 1. The lowest BCUT2D eigenvalue weighted by atomic mass is 10.2. The molecule has 0 spiro atoms. The summed E-state index contributed by atoms with van der Waals surface area (Å²) in [5, 5.41) is 0. The molecule has 5 heteroatoms. The van der Waals surface area contributed by atoms with E-state index in [1.807, 2.05) is 24.3 Å². The van der Waals surface area contributed by atoms with Crippen molar-refractivity contribution in [2.45, 2.75) is 13.0 Å². The highest BCUT2D eigenvalue weighted by Crippen LogP contribution is 2.23. The average Bonchev–Trinajstić information content (AvgIpc) is 2.51. The first-order chi connectivity index (χ1) is 10.2. The fraction of sp³-hybridized carbons (Fsp3) is 0.312. The molecule has 0 aliphatic rings. The van der Waals surface area contributed by atoms with Crippen molar-refractivity contribution in [3.05, 3.63) is 54.1 Å². The van der Waals surface area contributed by atoms with E-state index in [9.17, 15) is 4.39 Å². The molecule has 112 valence electrons. The van der Waals surface area contributed by atoms with Gasteiger partial charge in [0.15, 0.2) is 0 Å². The molecular weight excluding hydrogens is 269 g/mol. The predicted octanol–water partition coefficient (Wildman–Crippen LogP) is 2.58. The van der Waals surface area contributed by atoms with Gasteiger partial charge in [-0.3, -0.25) is 4.98 Å². The maximum Gasteiger partial charge on any atom is 0.141 e. The van der Waals surface area contributed by atoms with E-state index in [-0.39, 0.29) is 5.82 Å². The first-order valence-corrected chi connectivity index (χ1v) is 6.91. The molecule has 0 amide bonds. The number of hydrogen-bond acceptors (Lipinski definition) is 4. The summed E-state index contributed by atoms with van der Waals surface area (Å²) >= 11 is 0. The Morgan fingerprint density at radius 3 is 2.86 bits per heavy atom. The maximum atomic E-state index is 13.3. The number of aromatic nitrogens is 1. The zero-order chi connectivity index (χ0) is 15.1. The molecule has 1 aromatic heterocycles. The molecule has 0 fully saturated rings. The predicted molar refractivity (Wildman–Crippen MR) is 81.9 cm³/mol. The van der Waals surface area contributed by atoms with Gasteiger partial charge < -0.3 is 15.4 Å². The van der Waals surface area contributed by atoms with Crippen molar-refractivity contribution in [3.8, 4) is 5.75 Å². The van der Waals surface area contributed by atoms with Crippen LogP contribution in [-0.4, -0.2) is 25.2 Å². The van der Waals surface area contributed by atoms with Crippen molar-refractivity contribution in [1.82, 2.24) is 4.98 Å². The summed E-state index contributed by atoms with van der Waals surface area (Å²) < 4.78 is 18.5. The van der Waals surface area contributed by atoms with E-state index < -0.39 is 0 Å². The highest BCUT2D eigenvalue weighted by molar-refractivity contribution is 5.51. The van der Waals surface area contributed by atoms with Crippen molar-refractivity contribution in [3.63, 3.8) is 0 Å². The van der Waals surface area contributed by atoms with Crippen LogP contribution in [0.2, 0.25) is 0 Å². The first kappa shape index (κ1) is 15.3. The summed E-state index contributed by atoms with van der Waals surface area (Å²) in [4.78, 5) is 6.04. The zero-order valence-electron chi connectivity index (χ0n) is 12.1. The minimum Gasteiger partial charge on any atom is -0.497 e. The maximum absolute atomic E-state index is 13.3. The van der Waals surface area contributed by atoms with Gasteiger partial charge in [0.1, 0.15) is 11.6 Å². The normalized spacial score (nSPS) is 10.4. The second-order valence-corrected chi connectivity index (χ2v) is 4.78. The van der Waals surface area contributed by atoms with Crippen molar-refractivity contribution in [1.29, 1.82) is 0 Å². The largest absolute Gasteiger partial charge is 0.497 e. The summed E-state index contributed by atoms with van der Waals surface area (Å²) in [5.74, 6) is 0.472. The van der Waals surface area contributed by atoms with E-state index in [0.29, 0.717) is 13.1 Å². The summed E-state index contributed by atoms with van der Waals surface area (Å²) in [6.07, 6.45) is 3.75. The van der Waals surface area contributed by atoms with Crippen LogP contribution >= 0.6 is 0 Å². The molecule has 0 atom stereocenters. The van der Waals surface area contributed by atoms with Gasteiger partial charge in [-0.15, -0.1) is 0 Å². The lowest BCUT2D eigenvalue weighted by Crippen LogP contribution is -2.25.